The van der Waals surface area contributed by atoms with Crippen LogP contribution in [-0.4, -0.2) is 10.2 Å². The quantitative estimate of drug-likeness (QED) is 0.680. The average molecular weight is 190 g/mol. The zero-order valence-corrected chi connectivity index (χ0v) is 9.63. The van der Waals surface area contributed by atoms with Crippen molar-refractivity contribution in [2.75, 3.05) is 0 Å². The summed E-state index contributed by atoms with van der Waals surface area (Å²) in [4.78, 5) is 0. The molecule has 0 radical (unpaired) electrons. The Morgan fingerprint density at radius 2 is 1.86 bits per heavy atom. The number of hydrogen-bond acceptors (Lipinski definition) is 2. The average Bonchev–Trinajstić information content (AvgIpc) is 2.07. The van der Waals surface area contributed by atoms with Gasteiger partial charge in [0, 0.05) is 0 Å². The molecular formula is C12H18N2. The summed E-state index contributed by atoms with van der Waals surface area (Å²) in [5, 5.41) is 8.27. The third-order valence-corrected chi connectivity index (χ3v) is 2.14. The van der Waals surface area contributed by atoms with Crippen LogP contribution in [0.1, 0.15) is 44.6 Å². The summed E-state index contributed by atoms with van der Waals surface area (Å²) in [6.07, 6.45) is 3.95. The number of hydrogen-bond donors (Lipinski definition) is 0. The molecule has 0 atom stereocenters. The summed E-state index contributed by atoms with van der Waals surface area (Å²) in [6, 6.07) is 2.11. The molecule has 14 heavy (non-hydrogen) atoms. The third kappa shape index (κ3) is 2.41. The minimum Gasteiger partial charge on any atom is -0.155 e. The molecule has 0 N–H and O–H groups in total. The van der Waals surface area contributed by atoms with Gasteiger partial charge in [-0.25, -0.2) is 0 Å². The van der Waals surface area contributed by atoms with Gasteiger partial charge in [0.2, 0.25) is 0 Å². The van der Waals surface area contributed by atoms with E-state index in [2.05, 4.69) is 37.0 Å². The Balaban J connectivity index is 3.22. The normalized spacial score (nSPS) is 12.4. The van der Waals surface area contributed by atoms with Crippen LogP contribution in [-0.2, 0) is 5.41 Å². The predicted molar refractivity (Wildman–Crippen MR) is 60.2 cm³/mol. The maximum absolute atomic E-state index is 4.16. The van der Waals surface area contributed by atoms with E-state index >= 15 is 0 Å². The fourth-order valence-corrected chi connectivity index (χ4v) is 1.48. The Hall–Kier alpha value is -1.18. The molecule has 0 fully saturated rings. The molecule has 1 heterocycles. The first-order valence-corrected chi connectivity index (χ1v) is 4.92. The molecule has 0 aromatic carbocycles. The lowest BCUT2D eigenvalue weighted by molar-refractivity contribution is 0.578. The maximum atomic E-state index is 4.16. The molecule has 0 unspecified atom stereocenters. The van der Waals surface area contributed by atoms with E-state index in [0.717, 1.165) is 11.4 Å². The van der Waals surface area contributed by atoms with Crippen molar-refractivity contribution in [2.24, 2.45) is 0 Å². The van der Waals surface area contributed by atoms with E-state index in [1.165, 1.54) is 5.56 Å². The lowest BCUT2D eigenvalue weighted by Crippen LogP contribution is -2.15. The summed E-state index contributed by atoms with van der Waals surface area (Å²) in [6.45, 7) is 10.6. The summed E-state index contributed by atoms with van der Waals surface area (Å²) < 4.78 is 0. The first-order chi connectivity index (χ1) is 6.45. The van der Waals surface area contributed by atoms with Gasteiger partial charge in [0.05, 0.1) is 11.4 Å². The van der Waals surface area contributed by atoms with Crippen molar-refractivity contribution >= 4 is 6.08 Å². The largest absolute Gasteiger partial charge is 0.155 e. The van der Waals surface area contributed by atoms with E-state index in [9.17, 15) is 0 Å². The van der Waals surface area contributed by atoms with Gasteiger partial charge in [0.25, 0.3) is 0 Å². The fraction of sp³-hybridized carbons (Fsp3) is 0.500. The molecule has 0 aliphatic heterocycles. The predicted octanol–water partition coefficient (Wildman–Crippen LogP) is 3.12. The number of nitrogens with zero attached hydrogens (tertiary/aromatic N) is 2. The van der Waals surface area contributed by atoms with Crippen molar-refractivity contribution in [3.05, 3.63) is 29.1 Å². The molecule has 2 nitrogen and oxygen atoms in total. The monoisotopic (exact) mass is 190 g/mol. The van der Waals surface area contributed by atoms with Crippen molar-refractivity contribution < 1.29 is 0 Å². The second kappa shape index (κ2) is 3.91. The molecule has 0 saturated carbocycles. The Bertz CT molecular complexity index is 346. The standard InChI is InChI=1S/C12H18N2/c1-6-7-10-8-11(12(3,4)5)9(2)13-14-10/h6-8H,1-5H3/b7-6+. The van der Waals surface area contributed by atoms with Crippen molar-refractivity contribution in [3.63, 3.8) is 0 Å². The van der Waals surface area contributed by atoms with Crippen LogP contribution in [0.3, 0.4) is 0 Å². The van der Waals surface area contributed by atoms with Crippen LogP contribution in [0, 0.1) is 6.92 Å². The van der Waals surface area contributed by atoms with Crippen molar-refractivity contribution in [3.8, 4) is 0 Å². The van der Waals surface area contributed by atoms with E-state index in [4.69, 9.17) is 0 Å². The van der Waals surface area contributed by atoms with E-state index < -0.39 is 0 Å². The molecule has 0 amide bonds. The van der Waals surface area contributed by atoms with E-state index in [-0.39, 0.29) is 5.41 Å². The maximum Gasteiger partial charge on any atom is 0.0857 e. The Morgan fingerprint density at radius 3 is 2.36 bits per heavy atom. The lowest BCUT2D eigenvalue weighted by atomic mass is 9.86. The van der Waals surface area contributed by atoms with Gasteiger partial charge in [-0.15, -0.1) is 0 Å². The highest BCUT2D eigenvalue weighted by Crippen LogP contribution is 2.24. The number of allylic oxidation sites excluding steroid dienone is 1. The SMILES string of the molecule is C/C=C/c1cc(C(C)(C)C)c(C)nn1. The Morgan fingerprint density at radius 1 is 1.21 bits per heavy atom. The van der Waals surface area contributed by atoms with E-state index in [0.29, 0.717) is 0 Å². The molecule has 1 aromatic heterocycles. The molecule has 2 heteroatoms. The van der Waals surface area contributed by atoms with Gasteiger partial charge in [-0.1, -0.05) is 26.8 Å². The van der Waals surface area contributed by atoms with Gasteiger partial charge in [-0.3, -0.25) is 0 Å². The highest BCUT2D eigenvalue weighted by molar-refractivity contribution is 5.46. The van der Waals surface area contributed by atoms with E-state index in [1.54, 1.807) is 0 Å². The topological polar surface area (TPSA) is 25.8 Å². The summed E-state index contributed by atoms with van der Waals surface area (Å²) in [5.41, 5.74) is 3.35. The van der Waals surface area contributed by atoms with Crippen LogP contribution < -0.4 is 0 Å². The molecule has 76 valence electrons. The molecule has 0 aliphatic rings. The molecular weight excluding hydrogens is 172 g/mol. The first-order valence-electron chi connectivity index (χ1n) is 4.92. The van der Waals surface area contributed by atoms with Gasteiger partial charge < -0.3 is 0 Å². The Labute approximate surface area is 86.1 Å². The summed E-state index contributed by atoms with van der Waals surface area (Å²) in [5.74, 6) is 0. The lowest BCUT2D eigenvalue weighted by Gasteiger charge is -2.20. The number of aromatic nitrogens is 2. The molecule has 0 bridgehead atoms. The van der Waals surface area contributed by atoms with Crippen LogP contribution in [0.25, 0.3) is 6.08 Å². The number of rotatable bonds is 1. The summed E-state index contributed by atoms with van der Waals surface area (Å²) >= 11 is 0. The molecule has 1 aromatic rings. The minimum absolute atomic E-state index is 0.135. The third-order valence-electron chi connectivity index (χ3n) is 2.14. The van der Waals surface area contributed by atoms with E-state index in [1.807, 2.05) is 26.0 Å². The Kier molecular flexibility index (Phi) is 3.04. The fourth-order valence-electron chi connectivity index (χ4n) is 1.48. The van der Waals surface area contributed by atoms with Crippen LogP contribution in [0.4, 0.5) is 0 Å². The zero-order valence-electron chi connectivity index (χ0n) is 9.63. The van der Waals surface area contributed by atoms with Gasteiger partial charge in [-0.05, 0) is 37.0 Å². The van der Waals surface area contributed by atoms with Gasteiger partial charge in [0.1, 0.15) is 0 Å². The minimum atomic E-state index is 0.135. The molecule has 0 aliphatic carbocycles. The van der Waals surface area contributed by atoms with Crippen LogP contribution >= 0.6 is 0 Å². The molecule has 0 spiro atoms. The van der Waals surface area contributed by atoms with Gasteiger partial charge >= 0.3 is 0 Å². The second-order valence-electron chi connectivity index (χ2n) is 4.52. The first kappa shape index (κ1) is 10.9. The molecule has 1 rings (SSSR count). The number of aryl methyl sites for hydroxylation is 1. The smallest absolute Gasteiger partial charge is 0.0857 e. The highest BCUT2D eigenvalue weighted by atomic mass is 15.1. The van der Waals surface area contributed by atoms with Crippen molar-refractivity contribution in [1.29, 1.82) is 0 Å². The second-order valence-corrected chi connectivity index (χ2v) is 4.52. The molecule has 0 saturated heterocycles. The van der Waals surface area contributed by atoms with Crippen molar-refractivity contribution in [2.45, 2.75) is 40.0 Å². The van der Waals surface area contributed by atoms with Crippen molar-refractivity contribution in [1.82, 2.24) is 10.2 Å². The zero-order chi connectivity index (χ0) is 10.8. The van der Waals surface area contributed by atoms with Crippen LogP contribution in [0.15, 0.2) is 12.1 Å². The summed E-state index contributed by atoms with van der Waals surface area (Å²) in [7, 11) is 0. The van der Waals surface area contributed by atoms with Crippen LogP contribution in [0.5, 0.6) is 0 Å². The van der Waals surface area contributed by atoms with Gasteiger partial charge in [-0.2, -0.15) is 10.2 Å². The van der Waals surface area contributed by atoms with Crippen LogP contribution in [0.2, 0.25) is 0 Å². The highest BCUT2D eigenvalue weighted by Gasteiger charge is 2.17. The van der Waals surface area contributed by atoms with Gasteiger partial charge in [0.15, 0.2) is 0 Å².